The van der Waals surface area contributed by atoms with Gasteiger partial charge >= 0.3 is 0 Å². The number of methoxy groups -OCH3 is 1. The van der Waals surface area contributed by atoms with Crippen LogP contribution in [0.2, 0.25) is 0 Å². The Labute approximate surface area is 127 Å². The van der Waals surface area contributed by atoms with Gasteiger partial charge in [0.2, 0.25) is 0 Å². The third-order valence-corrected chi connectivity index (χ3v) is 4.03. The van der Waals surface area contributed by atoms with Gasteiger partial charge in [0.05, 0.1) is 12.8 Å². The van der Waals surface area contributed by atoms with E-state index in [2.05, 4.69) is 22.3 Å². The average Bonchev–Trinajstić information content (AvgIpc) is 2.50. The smallest absolute Gasteiger partial charge is 0.193 e. The van der Waals surface area contributed by atoms with Crippen LogP contribution in [0.15, 0.2) is 29.3 Å². The van der Waals surface area contributed by atoms with E-state index in [1.807, 2.05) is 24.3 Å². The number of likely N-dealkylation sites (tertiary alicyclic amines) is 1. The summed E-state index contributed by atoms with van der Waals surface area (Å²) in [6, 6.07) is 7.69. The number of nitrogens with two attached hydrogens (primary N) is 1. The number of aliphatic imine (C=N–C) groups is 1. The van der Waals surface area contributed by atoms with Crippen LogP contribution in [0.4, 0.5) is 5.69 Å². The van der Waals surface area contributed by atoms with Gasteiger partial charge < -0.3 is 20.7 Å². The molecule has 1 fully saturated rings. The van der Waals surface area contributed by atoms with Gasteiger partial charge in [0.15, 0.2) is 5.96 Å². The maximum atomic E-state index is 5.94. The molecule has 1 saturated heterocycles. The van der Waals surface area contributed by atoms with Crippen molar-refractivity contribution >= 4 is 11.6 Å². The lowest BCUT2D eigenvalue weighted by Crippen LogP contribution is -2.30. The Morgan fingerprint density at radius 1 is 1.38 bits per heavy atom. The van der Waals surface area contributed by atoms with Gasteiger partial charge in [0.1, 0.15) is 5.75 Å². The number of benzene rings is 1. The van der Waals surface area contributed by atoms with Crippen molar-refractivity contribution in [1.29, 1.82) is 0 Å². The molecule has 1 aliphatic rings. The van der Waals surface area contributed by atoms with Crippen LogP contribution < -0.4 is 15.8 Å². The number of hydrogen-bond donors (Lipinski definition) is 2. The second-order valence-corrected chi connectivity index (χ2v) is 5.63. The highest BCUT2D eigenvalue weighted by atomic mass is 16.5. The molecule has 1 heterocycles. The molecule has 0 saturated carbocycles. The van der Waals surface area contributed by atoms with Crippen molar-refractivity contribution in [3.05, 3.63) is 24.3 Å². The largest absolute Gasteiger partial charge is 0.495 e. The van der Waals surface area contributed by atoms with Gasteiger partial charge in [0, 0.05) is 6.54 Å². The number of nitrogens with zero attached hydrogens (tertiary/aromatic N) is 2. The van der Waals surface area contributed by atoms with Gasteiger partial charge in [-0.3, -0.25) is 4.99 Å². The predicted molar refractivity (Wildman–Crippen MR) is 87.9 cm³/mol. The molecular weight excluding hydrogens is 264 g/mol. The van der Waals surface area contributed by atoms with Crippen molar-refractivity contribution in [3.8, 4) is 5.75 Å². The van der Waals surface area contributed by atoms with Crippen molar-refractivity contribution in [3.63, 3.8) is 0 Å². The van der Waals surface area contributed by atoms with Crippen LogP contribution in [-0.4, -0.2) is 44.7 Å². The van der Waals surface area contributed by atoms with Crippen LogP contribution in [0.5, 0.6) is 5.75 Å². The van der Waals surface area contributed by atoms with E-state index >= 15 is 0 Å². The van der Waals surface area contributed by atoms with Gasteiger partial charge in [-0.05, 0) is 57.5 Å². The highest BCUT2D eigenvalue weighted by Gasteiger charge is 2.15. The van der Waals surface area contributed by atoms with E-state index in [9.17, 15) is 0 Å². The summed E-state index contributed by atoms with van der Waals surface area (Å²) in [6.45, 7) is 3.18. The lowest BCUT2D eigenvalue weighted by atomic mass is 9.94. The minimum absolute atomic E-state index is 0.451. The molecule has 2 rings (SSSR count). The second-order valence-electron chi connectivity index (χ2n) is 5.63. The zero-order valence-corrected chi connectivity index (χ0v) is 13.0. The Bertz CT molecular complexity index is 467. The summed E-state index contributed by atoms with van der Waals surface area (Å²) in [5, 5.41) is 3.10. The lowest BCUT2D eigenvalue weighted by Gasteiger charge is -2.28. The number of ether oxygens (including phenoxy) is 1. The van der Waals surface area contributed by atoms with E-state index in [0.29, 0.717) is 5.96 Å². The molecule has 3 N–H and O–H groups in total. The number of para-hydroxylation sites is 2. The summed E-state index contributed by atoms with van der Waals surface area (Å²) in [4.78, 5) is 6.81. The van der Waals surface area contributed by atoms with E-state index in [0.717, 1.165) is 30.3 Å². The number of anilines is 1. The second kappa shape index (κ2) is 7.88. The van der Waals surface area contributed by atoms with Crippen LogP contribution in [0.3, 0.4) is 0 Å². The van der Waals surface area contributed by atoms with Crippen molar-refractivity contribution in [2.45, 2.75) is 19.3 Å². The molecule has 21 heavy (non-hydrogen) atoms. The molecule has 5 nitrogen and oxygen atoms in total. The highest BCUT2D eigenvalue weighted by molar-refractivity contribution is 5.93. The molecule has 0 amide bonds. The van der Waals surface area contributed by atoms with Crippen LogP contribution in [0.25, 0.3) is 0 Å². The summed E-state index contributed by atoms with van der Waals surface area (Å²) in [5.74, 6) is 2.00. The number of guanidine groups is 1. The van der Waals surface area contributed by atoms with E-state index in [4.69, 9.17) is 10.5 Å². The van der Waals surface area contributed by atoms with Gasteiger partial charge in [-0.1, -0.05) is 12.1 Å². The monoisotopic (exact) mass is 290 g/mol. The standard InChI is InChI=1S/C16H26N4O/c1-20-11-8-13(9-12-20)7-10-18-16(17)19-14-5-3-4-6-15(14)21-2/h3-6,13H,7-12H2,1-2H3,(H3,17,18,19). The maximum Gasteiger partial charge on any atom is 0.193 e. The van der Waals surface area contributed by atoms with E-state index < -0.39 is 0 Å². The molecule has 0 aliphatic carbocycles. The normalized spacial score (nSPS) is 17.7. The molecule has 116 valence electrons. The summed E-state index contributed by atoms with van der Waals surface area (Å²) in [5.41, 5.74) is 6.79. The van der Waals surface area contributed by atoms with Gasteiger partial charge in [-0.15, -0.1) is 0 Å². The van der Waals surface area contributed by atoms with Crippen molar-refractivity contribution in [1.82, 2.24) is 4.90 Å². The molecule has 0 unspecified atom stereocenters. The molecule has 1 aromatic rings. The Morgan fingerprint density at radius 2 is 2.10 bits per heavy atom. The zero-order chi connectivity index (χ0) is 15.1. The summed E-state index contributed by atoms with van der Waals surface area (Å²) in [6.07, 6.45) is 3.65. The lowest BCUT2D eigenvalue weighted by molar-refractivity contribution is 0.214. The molecule has 1 aliphatic heterocycles. The molecule has 0 radical (unpaired) electrons. The van der Waals surface area contributed by atoms with Crippen LogP contribution >= 0.6 is 0 Å². The summed E-state index contributed by atoms with van der Waals surface area (Å²) >= 11 is 0. The summed E-state index contributed by atoms with van der Waals surface area (Å²) in [7, 11) is 3.83. The minimum Gasteiger partial charge on any atom is -0.495 e. The van der Waals surface area contributed by atoms with E-state index in [1.165, 1.54) is 25.9 Å². The number of nitrogens with one attached hydrogen (secondary N) is 1. The fraction of sp³-hybridized carbons (Fsp3) is 0.562. The van der Waals surface area contributed by atoms with Crippen molar-refractivity contribution in [2.75, 3.05) is 39.1 Å². The Morgan fingerprint density at radius 3 is 2.81 bits per heavy atom. The van der Waals surface area contributed by atoms with Gasteiger partial charge in [-0.2, -0.15) is 0 Å². The van der Waals surface area contributed by atoms with Gasteiger partial charge in [-0.25, -0.2) is 0 Å². The molecule has 0 spiro atoms. The SMILES string of the molecule is COc1ccccc1NC(N)=NCCC1CCN(C)CC1. The molecule has 0 atom stereocenters. The fourth-order valence-corrected chi connectivity index (χ4v) is 2.64. The van der Waals surface area contributed by atoms with Crippen molar-refractivity contribution < 1.29 is 4.74 Å². The Kier molecular flexibility index (Phi) is 5.87. The first-order valence-electron chi connectivity index (χ1n) is 7.57. The van der Waals surface area contributed by atoms with Crippen LogP contribution in [0, 0.1) is 5.92 Å². The molecule has 1 aromatic carbocycles. The molecule has 0 bridgehead atoms. The highest BCUT2D eigenvalue weighted by Crippen LogP contribution is 2.23. The number of piperidine rings is 1. The number of hydrogen-bond acceptors (Lipinski definition) is 3. The van der Waals surface area contributed by atoms with Crippen LogP contribution in [0.1, 0.15) is 19.3 Å². The fourth-order valence-electron chi connectivity index (χ4n) is 2.64. The van der Waals surface area contributed by atoms with E-state index in [-0.39, 0.29) is 0 Å². The Balaban J connectivity index is 1.79. The third kappa shape index (κ3) is 4.93. The quantitative estimate of drug-likeness (QED) is 0.644. The van der Waals surface area contributed by atoms with Gasteiger partial charge in [0.25, 0.3) is 0 Å². The first kappa shape index (κ1) is 15.6. The Hall–Kier alpha value is -1.75. The first-order valence-corrected chi connectivity index (χ1v) is 7.57. The molecular formula is C16H26N4O. The zero-order valence-electron chi connectivity index (χ0n) is 13.0. The minimum atomic E-state index is 0.451. The topological polar surface area (TPSA) is 62.9 Å². The number of rotatable bonds is 5. The third-order valence-electron chi connectivity index (χ3n) is 4.03. The molecule has 0 aromatic heterocycles. The van der Waals surface area contributed by atoms with Crippen molar-refractivity contribution in [2.24, 2.45) is 16.6 Å². The first-order chi connectivity index (χ1) is 10.2. The predicted octanol–water partition coefficient (Wildman–Crippen LogP) is 2.15. The molecule has 5 heteroatoms. The average molecular weight is 290 g/mol. The maximum absolute atomic E-state index is 5.94. The van der Waals surface area contributed by atoms with Crippen LogP contribution in [-0.2, 0) is 0 Å². The van der Waals surface area contributed by atoms with E-state index in [1.54, 1.807) is 7.11 Å². The summed E-state index contributed by atoms with van der Waals surface area (Å²) < 4.78 is 5.28.